The number of anilines is 1. The molecule has 3 aromatic rings. The molecule has 0 radical (unpaired) electrons. The summed E-state index contributed by atoms with van der Waals surface area (Å²) in [5.74, 6) is 1.58. The van der Waals surface area contributed by atoms with Crippen molar-refractivity contribution >= 4 is 27.4 Å². The maximum Gasteiger partial charge on any atom is 0.138 e. The van der Waals surface area contributed by atoms with Crippen molar-refractivity contribution in [3.8, 4) is 5.75 Å². The van der Waals surface area contributed by atoms with Crippen LogP contribution >= 0.6 is 11.3 Å². The SMILES string of the molecule is Cc1cccc(C)c1OC[C@H](O)CNc1ncnc2sccc12. The lowest BCUT2D eigenvalue weighted by Gasteiger charge is -2.16. The second-order valence-electron chi connectivity index (χ2n) is 5.43. The zero-order chi connectivity index (χ0) is 16.2. The van der Waals surface area contributed by atoms with Crippen LogP contribution in [0, 0.1) is 13.8 Å². The molecular formula is C17H19N3O2S. The molecule has 0 spiro atoms. The number of aliphatic hydroxyl groups is 1. The summed E-state index contributed by atoms with van der Waals surface area (Å²) in [4.78, 5) is 9.37. The van der Waals surface area contributed by atoms with Crippen molar-refractivity contribution in [2.24, 2.45) is 0 Å². The minimum absolute atomic E-state index is 0.233. The Bertz CT molecular complexity index is 783. The third kappa shape index (κ3) is 3.60. The number of aromatic nitrogens is 2. The van der Waals surface area contributed by atoms with Crippen molar-refractivity contribution in [1.29, 1.82) is 0 Å². The average Bonchev–Trinajstić information content (AvgIpc) is 3.01. The molecule has 3 rings (SSSR count). The molecule has 2 aromatic heterocycles. The van der Waals surface area contributed by atoms with Crippen LogP contribution in [0.3, 0.4) is 0 Å². The monoisotopic (exact) mass is 329 g/mol. The van der Waals surface area contributed by atoms with E-state index in [4.69, 9.17) is 4.74 Å². The Labute approximate surface area is 139 Å². The van der Waals surface area contributed by atoms with Gasteiger partial charge in [-0.15, -0.1) is 11.3 Å². The van der Waals surface area contributed by atoms with E-state index in [-0.39, 0.29) is 6.61 Å². The Balaban J connectivity index is 1.58. The van der Waals surface area contributed by atoms with Gasteiger partial charge in [0.15, 0.2) is 0 Å². The molecule has 6 heteroatoms. The summed E-state index contributed by atoms with van der Waals surface area (Å²) in [5, 5.41) is 16.3. The van der Waals surface area contributed by atoms with Crippen LogP contribution in [0.25, 0.3) is 10.2 Å². The van der Waals surface area contributed by atoms with Crippen molar-refractivity contribution in [2.75, 3.05) is 18.5 Å². The van der Waals surface area contributed by atoms with E-state index in [1.54, 1.807) is 11.3 Å². The second kappa shape index (κ2) is 6.93. The minimum atomic E-state index is -0.627. The van der Waals surface area contributed by atoms with Gasteiger partial charge in [0.05, 0.1) is 5.39 Å². The Morgan fingerprint density at radius 3 is 2.78 bits per heavy atom. The summed E-state index contributed by atoms with van der Waals surface area (Å²) in [6.07, 6.45) is 0.901. The van der Waals surface area contributed by atoms with Gasteiger partial charge in [0.1, 0.15) is 35.4 Å². The highest BCUT2D eigenvalue weighted by atomic mass is 32.1. The molecule has 1 aromatic carbocycles. The quantitative estimate of drug-likeness (QED) is 0.727. The summed E-state index contributed by atoms with van der Waals surface area (Å²) in [6, 6.07) is 7.97. The fourth-order valence-corrected chi connectivity index (χ4v) is 3.14. The molecule has 5 nitrogen and oxygen atoms in total. The molecule has 0 aliphatic rings. The first-order valence-electron chi connectivity index (χ1n) is 7.44. The van der Waals surface area contributed by atoms with Crippen LogP contribution in [0.5, 0.6) is 5.75 Å². The van der Waals surface area contributed by atoms with Crippen LogP contribution in [0.1, 0.15) is 11.1 Å². The Hall–Kier alpha value is -2.18. The first-order valence-corrected chi connectivity index (χ1v) is 8.32. The fraction of sp³-hybridized carbons (Fsp3) is 0.294. The Morgan fingerprint density at radius 1 is 1.22 bits per heavy atom. The number of benzene rings is 1. The second-order valence-corrected chi connectivity index (χ2v) is 6.32. The first-order chi connectivity index (χ1) is 11.1. The van der Waals surface area contributed by atoms with Gasteiger partial charge < -0.3 is 15.2 Å². The number of para-hydroxylation sites is 1. The molecule has 1 atom stereocenters. The first kappa shape index (κ1) is 15.7. The van der Waals surface area contributed by atoms with E-state index in [1.165, 1.54) is 6.33 Å². The third-order valence-corrected chi connectivity index (χ3v) is 4.42. The molecule has 2 heterocycles. The van der Waals surface area contributed by atoms with E-state index in [9.17, 15) is 5.11 Å². The number of hydrogen-bond acceptors (Lipinski definition) is 6. The van der Waals surface area contributed by atoms with Crippen LogP contribution < -0.4 is 10.1 Å². The van der Waals surface area contributed by atoms with Crippen molar-refractivity contribution in [2.45, 2.75) is 20.0 Å². The normalized spacial score (nSPS) is 12.3. The van der Waals surface area contributed by atoms with Gasteiger partial charge in [-0.1, -0.05) is 18.2 Å². The number of fused-ring (bicyclic) bond motifs is 1. The minimum Gasteiger partial charge on any atom is -0.490 e. The van der Waals surface area contributed by atoms with Crippen LogP contribution in [0.15, 0.2) is 36.0 Å². The molecule has 0 bridgehead atoms. The molecule has 2 N–H and O–H groups in total. The maximum atomic E-state index is 10.1. The molecule has 0 fully saturated rings. The van der Waals surface area contributed by atoms with Crippen molar-refractivity contribution in [3.63, 3.8) is 0 Å². The van der Waals surface area contributed by atoms with Gasteiger partial charge in [-0.25, -0.2) is 9.97 Å². The molecule has 0 saturated heterocycles. The summed E-state index contributed by atoms with van der Waals surface area (Å²) < 4.78 is 5.77. The summed E-state index contributed by atoms with van der Waals surface area (Å²) in [5.41, 5.74) is 2.14. The van der Waals surface area contributed by atoms with Crippen LogP contribution in [-0.2, 0) is 0 Å². The zero-order valence-corrected chi connectivity index (χ0v) is 13.9. The molecule has 0 aliphatic heterocycles. The highest BCUT2D eigenvalue weighted by molar-refractivity contribution is 7.16. The molecule has 0 saturated carbocycles. The number of aryl methyl sites for hydroxylation is 2. The van der Waals surface area contributed by atoms with Gasteiger partial charge in [-0.2, -0.15) is 0 Å². The number of nitrogens with one attached hydrogen (secondary N) is 1. The molecule has 0 unspecified atom stereocenters. The van der Waals surface area contributed by atoms with Crippen LogP contribution in [-0.4, -0.2) is 34.3 Å². The largest absolute Gasteiger partial charge is 0.490 e. The lowest BCUT2D eigenvalue weighted by Crippen LogP contribution is -2.27. The lowest BCUT2D eigenvalue weighted by molar-refractivity contribution is 0.117. The fourth-order valence-electron chi connectivity index (χ4n) is 2.41. The van der Waals surface area contributed by atoms with Gasteiger partial charge in [0.2, 0.25) is 0 Å². The molecule has 0 aliphatic carbocycles. The molecule has 0 amide bonds. The summed E-state index contributed by atoms with van der Waals surface area (Å²) in [6.45, 7) is 4.60. The van der Waals surface area contributed by atoms with Gasteiger partial charge in [0, 0.05) is 6.54 Å². The highest BCUT2D eigenvalue weighted by Gasteiger charge is 2.10. The van der Waals surface area contributed by atoms with E-state index in [1.807, 2.05) is 43.5 Å². The zero-order valence-electron chi connectivity index (χ0n) is 13.1. The smallest absolute Gasteiger partial charge is 0.138 e. The lowest BCUT2D eigenvalue weighted by atomic mass is 10.1. The molecule has 23 heavy (non-hydrogen) atoms. The number of nitrogens with zero attached hydrogens (tertiary/aromatic N) is 2. The number of thiophene rings is 1. The van der Waals surface area contributed by atoms with Gasteiger partial charge in [0.25, 0.3) is 0 Å². The number of ether oxygens (including phenoxy) is 1. The van der Waals surface area contributed by atoms with Gasteiger partial charge in [-0.05, 0) is 36.4 Å². The van der Waals surface area contributed by atoms with Crippen molar-refractivity contribution in [3.05, 3.63) is 47.1 Å². The van der Waals surface area contributed by atoms with Crippen LogP contribution in [0.2, 0.25) is 0 Å². The Kier molecular flexibility index (Phi) is 4.73. The summed E-state index contributed by atoms with van der Waals surface area (Å²) >= 11 is 1.57. The topological polar surface area (TPSA) is 67.3 Å². The van der Waals surface area contributed by atoms with E-state index in [0.29, 0.717) is 6.54 Å². The van der Waals surface area contributed by atoms with Gasteiger partial charge in [-0.3, -0.25) is 0 Å². The predicted molar refractivity (Wildman–Crippen MR) is 93.3 cm³/mol. The van der Waals surface area contributed by atoms with E-state index in [2.05, 4.69) is 15.3 Å². The van der Waals surface area contributed by atoms with Crippen molar-refractivity contribution in [1.82, 2.24) is 9.97 Å². The highest BCUT2D eigenvalue weighted by Crippen LogP contribution is 2.24. The summed E-state index contributed by atoms with van der Waals surface area (Å²) in [7, 11) is 0. The standard InChI is InChI=1S/C17H19N3O2S/c1-11-4-3-5-12(2)15(11)22-9-13(21)8-18-16-14-6-7-23-17(14)20-10-19-16/h3-7,10,13,21H,8-9H2,1-2H3,(H,18,19,20)/t13-/m1/s1. The number of aliphatic hydroxyl groups excluding tert-OH is 1. The van der Waals surface area contributed by atoms with E-state index < -0.39 is 6.10 Å². The van der Waals surface area contributed by atoms with Gasteiger partial charge >= 0.3 is 0 Å². The molecular weight excluding hydrogens is 310 g/mol. The van der Waals surface area contributed by atoms with Crippen LogP contribution in [0.4, 0.5) is 5.82 Å². The van der Waals surface area contributed by atoms with E-state index in [0.717, 1.165) is 32.9 Å². The predicted octanol–water partition coefficient (Wildman–Crippen LogP) is 3.16. The van der Waals surface area contributed by atoms with E-state index >= 15 is 0 Å². The average molecular weight is 329 g/mol. The number of hydrogen-bond donors (Lipinski definition) is 2. The number of rotatable bonds is 6. The van der Waals surface area contributed by atoms with Crippen molar-refractivity contribution < 1.29 is 9.84 Å². The molecule has 120 valence electrons. The maximum absolute atomic E-state index is 10.1. The third-order valence-electron chi connectivity index (χ3n) is 3.60. The Morgan fingerprint density at radius 2 is 2.00 bits per heavy atom.